The molecular formula is C34H51BrFN5O4Si. The first kappa shape index (κ1) is 33.9. The lowest BCUT2D eigenvalue weighted by atomic mass is 9.95. The van der Waals surface area contributed by atoms with Gasteiger partial charge < -0.3 is 18.8 Å². The molecule has 6 rings (SSSR count). The third kappa shape index (κ3) is 6.40. The molecule has 2 aromatic rings. The molecule has 46 heavy (non-hydrogen) atoms. The van der Waals surface area contributed by atoms with Crippen LogP contribution in [0.2, 0.25) is 18.1 Å². The van der Waals surface area contributed by atoms with Crippen LogP contribution in [0.4, 0.5) is 15.0 Å². The first-order valence-corrected chi connectivity index (χ1v) is 20.6. The van der Waals surface area contributed by atoms with Gasteiger partial charge in [0.1, 0.15) is 23.5 Å². The van der Waals surface area contributed by atoms with E-state index in [9.17, 15) is 4.79 Å². The number of fused-ring (bicyclic) bond motifs is 4. The van der Waals surface area contributed by atoms with Crippen LogP contribution < -0.4 is 9.64 Å². The normalized spacial score (nSPS) is 27.0. The smallest absolute Gasteiger partial charge is 0.410 e. The highest BCUT2D eigenvalue weighted by Gasteiger charge is 2.51. The minimum Gasteiger partial charge on any atom is -0.461 e. The maximum Gasteiger partial charge on any atom is 0.410 e. The zero-order valence-corrected chi connectivity index (χ0v) is 31.4. The molecule has 254 valence electrons. The van der Waals surface area contributed by atoms with Crippen molar-refractivity contribution in [1.82, 2.24) is 19.8 Å². The van der Waals surface area contributed by atoms with Crippen molar-refractivity contribution in [2.45, 2.75) is 127 Å². The standard InChI is InChI=1S/C34H51BrFN5O4Si/c1-32(2,3)45-31(42)41-22-10-11-23(41)19-39(18-22)29-25-12-13-26(35)27(36)28(25)37-30(38-29)43-21-34-15-9-17-40(34)24(14-16-34)20-44-46(7,8)33(4,5)6/h12-13,22-24H,9-11,14-21H2,1-8H3/t22-,23+,24?,34?. The lowest BCUT2D eigenvalue weighted by Gasteiger charge is -2.42. The third-order valence-corrected chi connectivity index (χ3v) is 16.2. The van der Waals surface area contributed by atoms with Gasteiger partial charge in [-0.1, -0.05) is 20.8 Å². The van der Waals surface area contributed by atoms with E-state index in [0.29, 0.717) is 41.4 Å². The summed E-state index contributed by atoms with van der Waals surface area (Å²) < 4.78 is 34.8. The van der Waals surface area contributed by atoms with E-state index in [-0.39, 0.29) is 40.3 Å². The van der Waals surface area contributed by atoms with Gasteiger partial charge in [0, 0.05) is 31.1 Å². The second-order valence-corrected chi connectivity index (χ2v) is 22.0. The molecule has 4 aliphatic rings. The van der Waals surface area contributed by atoms with Gasteiger partial charge in [-0.3, -0.25) is 9.80 Å². The van der Waals surface area contributed by atoms with Crippen LogP contribution in [-0.2, 0) is 9.16 Å². The fourth-order valence-corrected chi connectivity index (χ4v) is 8.97. The zero-order chi connectivity index (χ0) is 33.2. The number of halogens is 2. The van der Waals surface area contributed by atoms with Gasteiger partial charge in [-0.2, -0.15) is 9.97 Å². The summed E-state index contributed by atoms with van der Waals surface area (Å²) in [6.45, 7) is 20.6. The van der Waals surface area contributed by atoms with Crippen LogP contribution in [-0.4, -0.2) is 96.3 Å². The molecule has 4 saturated heterocycles. The number of hydrogen-bond acceptors (Lipinski definition) is 8. The summed E-state index contributed by atoms with van der Waals surface area (Å²) in [6, 6.07) is 4.14. The van der Waals surface area contributed by atoms with Crippen LogP contribution in [0.1, 0.15) is 80.1 Å². The first-order chi connectivity index (χ1) is 21.5. The van der Waals surface area contributed by atoms with E-state index >= 15 is 4.39 Å². The fourth-order valence-electron chi connectivity index (χ4n) is 7.60. The minimum atomic E-state index is -1.85. The Labute approximate surface area is 282 Å². The van der Waals surface area contributed by atoms with Gasteiger partial charge in [-0.15, -0.1) is 0 Å². The number of aromatic nitrogens is 2. The van der Waals surface area contributed by atoms with Crippen molar-refractivity contribution < 1.29 is 23.1 Å². The molecule has 2 unspecified atom stereocenters. The van der Waals surface area contributed by atoms with Crippen molar-refractivity contribution in [3.05, 3.63) is 22.4 Å². The number of anilines is 1. The molecule has 5 heterocycles. The molecule has 4 aliphatic heterocycles. The maximum absolute atomic E-state index is 15.6. The van der Waals surface area contributed by atoms with E-state index < -0.39 is 19.7 Å². The van der Waals surface area contributed by atoms with E-state index in [1.54, 1.807) is 6.07 Å². The molecule has 4 fully saturated rings. The van der Waals surface area contributed by atoms with Gasteiger partial charge in [-0.25, -0.2) is 9.18 Å². The zero-order valence-electron chi connectivity index (χ0n) is 28.8. The Morgan fingerprint density at radius 1 is 1.07 bits per heavy atom. The van der Waals surface area contributed by atoms with Gasteiger partial charge >= 0.3 is 12.1 Å². The molecule has 0 N–H and O–H groups in total. The average Bonchev–Trinajstić information content (AvgIpc) is 3.61. The van der Waals surface area contributed by atoms with Crippen molar-refractivity contribution in [3.63, 3.8) is 0 Å². The maximum atomic E-state index is 15.6. The second kappa shape index (κ2) is 12.1. The second-order valence-electron chi connectivity index (χ2n) is 16.3. The fraction of sp³-hybridized carbons (Fsp3) is 0.735. The van der Waals surface area contributed by atoms with Gasteiger partial charge in [0.2, 0.25) is 0 Å². The Morgan fingerprint density at radius 3 is 2.41 bits per heavy atom. The summed E-state index contributed by atoms with van der Waals surface area (Å²) in [7, 11) is -1.85. The summed E-state index contributed by atoms with van der Waals surface area (Å²) in [5, 5.41) is 0.816. The van der Waals surface area contributed by atoms with E-state index in [2.05, 4.69) is 64.6 Å². The van der Waals surface area contributed by atoms with Gasteiger partial charge in [0.15, 0.2) is 14.1 Å². The van der Waals surface area contributed by atoms with Crippen molar-refractivity contribution in [2.24, 2.45) is 0 Å². The molecule has 1 aromatic heterocycles. The monoisotopic (exact) mass is 719 g/mol. The Hall–Kier alpha value is -2.02. The van der Waals surface area contributed by atoms with E-state index in [0.717, 1.165) is 51.7 Å². The molecule has 2 bridgehead atoms. The highest BCUT2D eigenvalue weighted by atomic mass is 79.9. The first-order valence-electron chi connectivity index (χ1n) is 16.9. The van der Waals surface area contributed by atoms with Crippen LogP contribution in [0.25, 0.3) is 10.9 Å². The number of benzene rings is 1. The predicted octanol–water partition coefficient (Wildman–Crippen LogP) is 7.52. The van der Waals surface area contributed by atoms with Crippen LogP contribution in [0, 0.1) is 5.82 Å². The summed E-state index contributed by atoms with van der Waals surface area (Å²) in [5.74, 6) is 0.228. The lowest BCUT2D eigenvalue weighted by Crippen LogP contribution is -2.57. The van der Waals surface area contributed by atoms with E-state index in [1.165, 1.54) is 0 Å². The molecule has 0 radical (unpaired) electrons. The molecular weight excluding hydrogens is 669 g/mol. The molecule has 1 aromatic carbocycles. The van der Waals surface area contributed by atoms with Crippen LogP contribution in [0.15, 0.2) is 16.6 Å². The molecule has 0 saturated carbocycles. The van der Waals surface area contributed by atoms with Crippen LogP contribution in [0.5, 0.6) is 6.01 Å². The molecule has 9 nitrogen and oxygen atoms in total. The summed E-state index contributed by atoms with van der Waals surface area (Å²) >= 11 is 3.35. The quantitative estimate of drug-likeness (QED) is 0.272. The lowest BCUT2D eigenvalue weighted by molar-refractivity contribution is 0.0122. The Balaban J connectivity index is 1.22. The minimum absolute atomic E-state index is 0.00169. The van der Waals surface area contributed by atoms with Gasteiger partial charge in [0.05, 0.1) is 22.1 Å². The Morgan fingerprint density at radius 2 is 1.76 bits per heavy atom. The van der Waals surface area contributed by atoms with Crippen LogP contribution >= 0.6 is 15.9 Å². The highest BCUT2D eigenvalue weighted by Crippen LogP contribution is 2.44. The number of ether oxygens (including phenoxy) is 2. The number of piperazine rings is 1. The molecule has 4 atom stereocenters. The number of nitrogens with zero attached hydrogens (tertiary/aromatic N) is 5. The van der Waals surface area contributed by atoms with Crippen LogP contribution in [0.3, 0.4) is 0 Å². The topological polar surface area (TPSA) is 80.3 Å². The summed E-state index contributed by atoms with van der Waals surface area (Å²) in [6.07, 6.45) is 5.81. The van der Waals surface area contributed by atoms with Crippen molar-refractivity contribution in [1.29, 1.82) is 0 Å². The molecule has 12 heteroatoms. The number of amides is 1. The van der Waals surface area contributed by atoms with Gasteiger partial charge in [0.25, 0.3) is 0 Å². The largest absolute Gasteiger partial charge is 0.461 e. The molecule has 0 aliphatic carbocycles. The SMILES string of the molecule is CC(C)(C)OC(=O)N1[C@@H]2CC[C@H]1CN(c1nc(OCC34CCCN3C(CO[Si](C)(C)C(C)(C)C)CC4)nc3c(F)c(Br)ccc13)C2. The van der Waals surface area contributed by atoms with Crippen molar-refractivity contribution in [2.75, 3.05) is 37.7 Å². The van der Waals surface area contributed by atoms with E-state index in [4.69, 9.17) is 18.9 Å². The van der Waals surface area contributed by atoms with Crippen molar-refractivity contribution >= 4 is 47.1 Å². The average molecular weight is 721 g/mol. The number of carbonyl (C=O) groups excluding carboxylic acids is 1. The summed E-state index contributed by atoms with van der Waals surface area (Å²) in [4.78, 5) is 29.4. The highest BCUT2D eigenvalue weighted by molar-refractivity contribution is 9.10. The molecule has 0 spiro atoms. The summed E-state index contributed by atoms with van der Waals surface area (Å²) in [5.41, 5.74) is -0.406. The Kier molecular flexibility index (Phi) is 8.94. The molecule has 1 amide bonds. The third-order valence-electron chi connectivity index (χ3n) is 11.1. The Bertz CT molecular complexity index is 1470. The number of rotatable bonds is 7. The van der Waals surface area contributed by atoms with Crippen molar-refractivity contribution in [3.8, 4) is 6.01 Å². The van der Waals surface area contributed by atoms with Gasteiger partial charge in [-0.05, 0) is 112 Å². The number of hydrogen-bond donors (Lipinski definition) is 0. The van der Waals surface area contributed by atoms with E-state index in [1.807, 2.05) is 31.7 Å². The predicted molar refractivity (Wildman–Crippen MR) is 185 cm³/mol. The number of carbonyl (C=O) groups is 1.